The molecule has 5 heteroatoms. The summed E-state index contributed by atoms with van der Waals surface area (Å²) in [7, 11) is 4.57. The number of hydrogen-bond acceptors (Lipinski definition) is 5. The SMILES string of the molecule is COC(=O)CC(N)CCc1ccc(OC)c(OC)c1. The summed E-state index contributed by atoms with van der Waals surface area (Å²) in [6.45, 7) is 0. The first-order valence-electron chi connectivity index (χ1n) is 6.14. The summed E-state index contributed by atoms with van der Waals surface area (Å²) < 4.78 is 15.0. The van der Waals surface area contributed by atoms with Crippen molar-refractivity contribution >= 4 is 5.97 Å². The van der Waals surface area contributed by atoms with Gasteiger partial charge in [0.25, 0.3) is 0 Å². The summed E-state index contributed by atoms with van der Waals surface area (Å²) in [6.07, 6.45) is 1.73. The summed E-state index contributed by atoms with van der Waals surface area (Å²) in [5.74, 6) is 1.12. The van der Waals surface area contributed by atoms with Crippen LogP contribution in [0, 0.1) is 0 Å². The van der Waals surface area contributed by atoms with Gasteiger partial charge in [0, 0.05) is 6.04 Å². The summed E-state index contributed by atoms with van der Waals surface area (Å²) >= 11 is 0. The summed E-state index contributed by atoms with van der Waals surface area (Å²) in [5.41, 5.74) is 6.96. The maximum atomic E-state index is 11.1. The van der Waals surface area contributed by atoms with Crippen molar-refractivity contribution in [1.82, 2.24) is 0 Å². The standard InChI is InChI=1S/C14H21NO4/c1-17-12-7-5-10(8-13(12)18-2)4-6-11(15)9-14(16)19-3/h5,7-8,11H,4,6,9,15H2,1-3H3. The second kappa shape index (κ2) is 7.63. The van der Waals surface area contributed by atoms with E-state index >= 15 is 0 Å². The maximum absolute atomic E-state index is 11.1. The topological polar surface area (TPSA) is 70.8 Å². The zero-order valence-corrected chi connectivity index (χ0v) is 11.6. The van der Waals surface area contributed by atoms with E-state index in [1.54, 1.807) is 14.2 Å². The van der Waals surface area contributed by atoms with E-state index in [1.165, 1.54) is 7.11 Å². The minimum atomic E-state index is -0.278. The first kappa shape index (κ1) is 15.3. The largest absolute Gasteiger partial charge is 0.493 e. The van der Waals surface area contributed by atoms with Gasteiger partial charge in [0.2, 0.25) is 0 Å². The van der Waals surface area contributed by atoms with Gasteiger partial charge in [-0.15, -0.1) is 0 Å². The molecule has 0 fully saturated rings. The number of carbonyl (C=O) groups excluding carboxylic acids is 1. The Labute approximate surface area is 113 Å². The lowest BCUT2D eigenvalue weighted by molar-refractivity contribution is -0.141. The average Bonchev–Trinajstić information content (AvgIpc) is 2.44. The summed E-state index contributed by atoms with van der Waals surface area (Å²) in [4.78, 5) is 11.1. The fourth-order valence-electron chi connectivity index (χ4n) is 1.79. The minimum Gasteiger partial charge on any atom is -0.493 e. The molecule has 1 atom stereocenters. The van der Waals surface area contributed by atoms with Crippen molar-refractivity contribution in [3.05, 3.63) is 23.8 Å². The molecule has 1 rings (SSSR count). The number of benzene rings is 1. The lowest BCUT2D eigenvalue weighted by Crippen LogP contribution is -2.25. The van der Waals surface area contributed by atoms with Crippen LogP contribution in [0.3, 0.4) is 0 Å². The molecule has 0 bridgehead atoms. The zero-order chi connectivity index (χ0) is 14.3. The Morgan fingerprint density at radius 3 is 2.47 bits per heavy atom. The number of methoxy groups -OCH3 is 3. The molecule has 0 aromatic heterocycles. The molecule has 0 aliphatic carbocycles. The van der Waals surface area contributed by atoms with E-state index in [0.717, 1.165) is 12.0 Å². The normalized spacial score (nSPS) is 11.8. The molecule has 0 spiro atoms. The lowest BCUT2D eigenvalue weighted by Gasteiger charge is -2.12. The van der Waals surface area contributed by atoms with Crippen molar-refractivity contribution in [2.75, 3.05) is 21.3 Å². The van der Waals surface area contributed by atoms with Crippen molar-refractivity contribution in [2.45, 2.75) is 25.3 Å². The molecule has 1 aromatic rings. The van der Waals surface area contributed by atoms with Crippen LogP contribution in [0.1, 0.15) is 18.4 Å². The molecule has 106 valence electrons. The molecule has 0 radical (unpaired) electrons. The third kappa shape index (κ3) is 4.79. The molecule has 0 saturated heterocycles. The van der Waals surface area contributed by atoms with Crippen molar-refractivity contribution in [3.63, 3.8) is 0 Å². The number of esters is 1. The molecule has 0 aliphatic rings. The predicted octanol–water partition coefficient (Wildman–Crippen LogP) is 1.53. The van der Waals surface area contributed by atoms with E-state index in [9.17, 15) is 4.79 Å². The number of hydrogen-bond donors (Lipinski definition) is 1. The molecule has 1 unspecified atom stereocenters. The Morgan fingerprint density at radius 1 is 1.21 bits per heavy atom. The van der Waals surface area contributed by atoms with Crippen molar-refractivity contribution in [2.24, 2.45) is 5.73 Å². The average molecular weight is 267 g/mol. The first-order valence-corrected chi connectivity index (χ1v) is 6.14. The van der Waals surface area contributed by atoms with Gasteiger partial charge in [-0.25, -0.2) is 0 Å². The molecule has 0 aliphatic heterocycles. The molecule has 5 nitrogen and oxygen atoms in total. The van der Waals surface area contributed by atoms with Gasteiger partial charge >= 0.3 is 5.97 Å². The quantitative estimate of drug-likeness (QED) is 0.758. The number of ether oxygens (including phenoxy) is 3. The van der Waals surface area contributed by atoms with Gasteiger partial charge in [0.1, 0.15) is 0 Å². The molecule has 1 aromatic carbocycles. The van der Waals surface area contributed by atoms with Crippen LogP contribution in [-0.4, -0.2) is 33.3 Å². The van der Waals surface area contributed by atoms with Crippen molar-refractivity contribution in [3.8, 4) is 11.5 Å². The van der Waals surface area contributed by atoms with Crippen LogP contribution < -0.4 is 15.2 Å². The van der Waals surface area contributed by atoms with E-state index in [0.29, 0.717) is 17.9 Å². The molecule has 0 amide bonds. The molecular formula is C14H21NO4. The van der Waals surface area contributed by atoms with E-state index in [2.05, 4.69) is 4.74 Å². The Hall–Kier alpha value is -1.75. The van der Waals surface area contributed by atoms with Crippen LogP contribution in [0.2, 0.25) is 0 Å². The zero-order valence-electron chi connectivity index (χ0n) is 11.6. The second-order valence-electron chi connectivity index (χ2n) is 4.27. The van der Waals surface area contributed by atoms with E-state index < -0.39 is 0 Å². The van der Waals surface area contributed by atoms with Crippen molar-refractivity contribution < 1.29 is 19.0 Å². The Kier molecular flexibility index (Phi) is 6.15. The van der Waals surface area contributed by atoms with Gasteiger partial charge in [-0.1, -0.05) is 6.07 Å². The van der Waals surface area contributed by atoms with Crippen LogP contribution in [-0.2, 0) is 16.0 Å². The van der Waals surface area contributed by atoms with Gasteiger partial charge in [-0.3, -0.25) is 4.79 Å². The maximum Gasteiger partial charge on any atom is 0.307 e. The number of aryl methyl sites for hydroxylation is 1. The Morgan fingerprint density at radius 2 is 1.89 bits per heavy atom. The molecule has 19 heavy (non-hydrogen) atoms. The molecule has 0 heterocycles. The van der Waals surface area contributed by atoms with E-state index in [4.69, 9.17) is 15.2 Å². The van der Waals surface area contributed by atoms with Gasteiger partial charge in [0.05, 0.1) is 27.8 Å². The lowest BCUT2D eigenvalue weighted by atomic mass is 10.0. The van der Waals surface area contributed by atoms with Crippen LogP contribution in [0.15, 0.2) is 18.2 Å². The number of carbonyl (C=O) groups is 1. The first-order chi connectivity index (χ1) is 9.10. The molecular weight excluding hydrogens is 246 g/mol. The van der Waals surface area contributed by atoms with Gasteiger partial charge in [-0.05, 0) is 30.5 Å². The minimum absolute atomic E-state index is 0.194. The van der Waals surface area contributed by atoms with Crippen molar-refractivity contribution in [1.29, 1.82) is 0 Å². The van der Waals surface area contributed by atoms with E-state index in [1.807, 2.05) is 18.2 Å². The smallest absolute Gasteiger partial charge is 0.307 e. The fraction of sp³-hybridized carbons (Fsp3) is 0.500. The van der Waals surface area contributed by atoms with Gasteiger partial charge in [0.15, 0.2) is 11.5 Å². The predicted molar refractivity (Wildman–Crippen MR) is 72.5 cm³/mol. The summed E-state index contributed by atoms with van der Waals surface area (Å²) in [6, 6.07) is 5.55. The third-order valence-corrected chi connectivity index (χ3v) is 2.91. The highest BCUT2D eigenvalue weighted by atomic mass is 16.5. The number of nitrogens with two attached hydrogens (primary N) is 1. The van der Waals surface area contributed by atoms with Gasteiger partial charge in [-0.2, -0.15) is 0 Å². The molecule has 0 saturated carbocycles. The monoisotopic (exact) mass is 267 g/mol. The van der Waals surface area contributed by atoms with Crippen LogP contribution in [0.4, 0.5) is 0 Å². The van der Waals surface area contributed by atoms with Crippen LogP contribution in [0.25, 0.3) is 0 Å². The highest BCUT2D eigenvalue weighted by Gasteiger charge is 2.10. The molecule has 2 N–H and O–H groups in total. The Bertz CT molecular complexity index is 420. The van der Waals surface area contributed by atoms with Gasteiger partial charge < -0.3 is 19.9 Å². The van der Waals surface area contributed by atoms with E-state index in [-0.39, 0.29) is 18.4 Å². The van der Waals surface area contributed by atoms with Crippen LogP contribution >= 0.6 is 0 Å². The number of rotatable bonds is 7. The second-order valence-corrected chi connectivity index (χ2v) is 4.27. The third-order valence-electron chi connectivity index (χ3n) is 2.91. The Balaban J connectivity index is 2.55. The highest BCUT2D eigenvalue weighted by Crippen LogP contribution is 2.28. The summed E-state index contributed by atoms with van der Waals surface area (Å²) in [5, 5.41) is 0. The highest BCUT2D eigenvalue weighted by molar-refractivity contribution is 5.69. The fourth-order valence-corrected chi connectivity index (χ4v) is 1.79. The van der Waals surface area contributed by atoms with Crippen LogP contribution in [0.5, 0.6) is 11.5 Å².